The number of hydrogen-bond acceptors (Lipinski definition) is 3. The van der Waals surface area contributed by atoms with Crippen LogP contribution in [-0.2, 0) is 9.59 Å². The Balaban J connectivity index is 2.30. The lowest BCUT2D eigenvalue weighted by molar-refractivity contribution is -0.139. The second kappa shape index (κ2) is 5.11. The fraction of sp³-hybridized carbons (Fsp3) is 0.800. The van der Waals surface area contributed by atoms with Gasteiger partial charge in [0.1, 0.15) is 6.04 Å². The summed E-state index contributed by atoms with van der Waals surface area (Å²) in [6, 6.07) is -0.563. The van der Waals surface area contributed by atoms with Crippen LogP contribution in [0.4, 0.5) is 0 Å². The Bertz CT molecular complexity index is 253. The Morgan fingerprint density at radius 1 is 1.53 bits per heavy atom. The van der Waals surface area contributed by atoms with E-state index in [1.165, 1.54) is 0 Å². The van der Waals surface area contributed by atoms with E-state index in [4.69, 9.17) is 5.11 Å². The molecule has 1 saturated heterocycles. The summed E-state index contributed by atoms with van der Waals surface area (Å²) in [7, 11) is 0. The van der Waals surface area contributed by atoms with Gasteiger partial charge in [-0.1, -0.05) is 13.8 Å². The third kappa shape index (κ3) is 3.87. The number of carboxylic acid groups (broad SMARTS) is 1. The Morgan fingerprint density at radius 3 is 2.67 bits per heavy atom. The van der Waals surface area contributed by atoms with Crippen molar-refractivity contribution in [2.75, 3.05) is 6.54 Å². The molecule has 0 aromatic carbocycles. The molecule has 86 valence electrons. The smallest absolute Gasteiger partial charge is 0.320 e. The quantitative estimate of drug-likeness (QED) is 0.614. The molecule has 1 heterocycles. The molecule has 1 amide bonds. The zero-order valence-electron chi connectivity index (χ0n) is 9.12. The third-order valence-electron chi connectivity index (χ3n) is 2.39. The Hall–Kier alpha value is -1.10. The molecule has 0 aliphatic carbocycles. The minimum atomic E-state index is -0.851. The minimum Gasteiger partial charge on any atom is -0.480 e. The van der Waals surface area contributed by atoms with Gasteiger partial charge in [-0.05, 0) is 12.3 Å². The number of nitrogens with one attached hydrogen (secondary N) is 2. The van der Waals surface area contributed by atoms with E-state index in [1.807, 2.05) is 13.8 Å². The largest absolute Gasteiger partial charge is 0.480 e. The lowest BCUT2D eigenvalue weighted by Gasteiger charge is -2.12. The van der Waals surface area contributed by atoms with Crippen molar-refractivity contribution in [3.63, 3.8) is 0 Å². The van der Waals surface area contributed by atoms with Crippen LogP contribution in [-0.4, -0.2) is 35.6 Å². The topological polar surface area (TPSA) is 78.4 Å². The monoisotopic (exact) mass is 214 g/mol. The van der Waals surface area contributed by atoms with Gasteiger partial charge in [0.2, 0.25) is 5.91 Å². The molecule has 0 aromatic rings. The summed E-state index contributed by atoms with van der Waals surface area (Å²) in [5.74, 6) is -0.520. The van der Waals surface area contributed by atoms with Gasteiger partial charge in [0, 0.05) is 19.0 Å². The summed E-state index contributed by atoms with van der Waals surface area (Å²) in [6.07, 6.45) is 0.966. The van der Waals surface area contributed by atoms with Crippen LogP contribution in [0.25, 0.3) is 0 Å². The van der Waals surface area contributed by atoms with Gasteiger partial charge in [-0.2, -0.15) is 0 Å². The van der Waals surface area contributed by atoms with Gasteiger partial charge >= 0.3 is 5.97 Å². The molecule has 2 atom stereocenters. The van der Waals surface area contributed by atoms with E-state index in [1.54, 1.807) is 0 Å². The molecule has 0 saturated carbocycles. The number of carboxylic acids is 1. The van der Waals surface area contributed by atoms with Crippen molar-refractivity contribution < 1.29 is 14.7 Å². The fourth-order valence-electron chi connectivity index (χ4n) is 1.69. The molecular formula is C10H18N2O3. The molecule has 2 unspecified atom stereocenters. The highest BCUT2D eigenvalue weighted by molar-refractivity contribution is 5.77. The molecule has 1 aliphatic rings. The van der Waals surface area contributed by atoms with Crippen LogP contribution in [0.5, 0.6) is 0 Å². The third-order valence-corrected chi connectivity index (χ3v) is 2.39. The molecule has 0 spiro atoms. The maximum Gasteiger partial charge on any atom is 0.320 e. The molecule has 5 nitrogen and oxygen atoms in total. The maximum absolute atomic E-state index is 11.4. The zero-order chi connectivity index (χ0) is 11.4. The minimum absolute atomic E-state index is 0.00263. The average Bonchev–Trinajstić information content (AvgIpc) is 2.50. The summed E-state index contributed by atoms with van der Waals surface area (Å²) < 4.78 is 0. The molecule has 3 N–H and O–H groups in total. The number of hydrogen-bond donors (Lipinski definition) is 3. The fourth-order valence-corrected chi connectivity index (χ4v) is 1.69. The van der Waals surface area contributed by atoms with Crippen molar-refractivity contribution in [2.45, 2.75) is 38.8 Å². The predicted molar refractivity (Wildman–Crippen MR) is 55.4 cm³/mol. The van der Waals surface area contributed by atoms with E-state index >= 15 is 0 Å². The van der Waals surface area contributed by atoms with Gasteiger partial charge in [0.15, 0.2) is 0 Å². The van der Waals surface area contributed by atoms with Crippen LogP contribution in [0, 0.1) is 5.92 Å². The van der Waals surface area contributed by atoms with Gasteiger partial charge in [-0.3, -0.25) is 9.59 Å². The molecule has 1 aliphatic heterocycles. The Kier molecular flexibility index (Phi) is 4.08. The van der Waals surface area contributed by atoms with E-state index in [0.29, 0.717) is 25.3 Å². The van der Waals surface area contributed by atoms with Crippen molar-refractivity contribution in [3.8, 4) is 0 Å². The molecule has 1 fully saturated rings. The molecule has 5 heteroatoms. The van der Waals surface area contributed by atoms with E-state index < -0.39 is 12.0 Å². The molecule has 0 radical (unpaired) electrons. The Labute approximate surface area is 89.2 Å². The summed E-state index contributed by atoms with van der Waals surface area (Å²) in [4.78, 5) is 22.0. The molecule has 0 bridgehead atoms. The number of carbonyl (C=O) groups excluding carboxylic acids is 1. The number of carbonyl (C=O) groups is 2. The van der Waals surface area contributed by atoms with Crippen molar-refractivity contribution >= 4 is 11.9 Å². The first-order chi connectivity index (χ1) is 6.99. The first kappa shape index (κ1) is 12.0. The molecule has 15 heavy (non-hydrogen) atoms. The molecule has 1 rings (SSSR count). The van der Waals surface area contributed by atoms with Gasteiger partial charge in [-0.15, -0.1) is 0 Å². The van der Waals surface area contributed by atoms with E-state index in [0.717, 1.165) is 0 Å². The Morgan fingerprint density at radius 2 is 2.20 bits per heavy atom. The molecule has 0 aromatic heterocycles. The van der Waals surface area contributed by atoms with Crippen molar-refractivity contribution in [1.82, 2.24) is 10.6 Å². The van der Waals surface area contributed by atoms with Crippen LogP contribution in [0.1, 0.15) is 26.7 Å². The lowest BCUT2D eigenvalue weighted by Crippen LogP contribution is -2.36. The lowest BCUT2D eigenvalue weighted by atomic mass is 10.1. The van der Waals surface area contributed by atoms with Crippen LogP contribution < -0.4 is 10.6 Å². The van der Waals surface area contributed by atoms with Gasteiger partial charge in [0.05, 0.1) is 0 Å². The van der Waals surface area contributed by atoms with Crippen LogP contribution in [0.15, 0.2) is 0 Å². The van der Waals surface area contributed by atoms with Crippen LogP contribution in [0.2, 0.25) is 0 Å². The molecular weight excluding hydrogens is 196 g/mol. The SMILES string of the molecule is CC(C)CC(=O)NC1CNC(C(=O)O)C1. The van der Waals surface area contributed by atoms with E-state index in [-0.39, 0.29) is 11.9 Å². The summed E-state index contributed by atoms with van der Waals surface area (Å²) in [5, 5.41) is 14.4. The van der Waals surface area contributed by atoms with Crippen molar-refractivity contribution in [2.24, 2.45) is 5.92 Å². The second-order valence-electron chi connectivity index (χ2n) is 4.40. The standard InChI is InChI=1S/C10H18N2O3/c1-6(2)3-9(13)12-7-4-8(10(14)15)11-5-7/h6-8,11H,3-5H2,1-2H3,(H,12,13)(H,14,15). The second-order valence-corrected chi connectivity index (χ2v) is 4.40. The van der Waals surface area contributed by atoms with Crippen LogP contribution in [0.3, 0.4) is 0 Å². The van der Waals surface area contributed by atoms with Crippen molar-refractivity contribution in [3.05, 3.63) is 0 Å². The summed E-state index contributed by atoms with van der Waals surface area (Å²) >= 11 is 0. The number of rotatable bonds is 4. The average molecular weight is 214 g/mol. The highest BCUT2D eigenvalue weighted by Crippen LogP contribution is 2.08. The van der Waals surface area contributed by atoms with Gasteiger partial charge < -0.3 is 15.7 Å². The first-order valence-electron chi connectivity index (χ1n) is 5.24. The highest BCUT2D eigenvalue weighted by Gasteiger charge is 2.29. The van der Waals surface area contributed by atoms with E-state index in [9.17, 15) is 9.59 Å². The predicted octanol–water partition coefficient (Wildman–Crippen LogP) is -0.0362. The zero-order valence-corrected chi connectivity index (χ0v) is 9.12. The highest BCUT2D eigenvalue weighted by atomic mass is 16.4. The van der Waals surface area contributed by atoms with Gasteiger partial charge in [-0.25, -0.2) is 0 Å². The normalized spacial score (nSPS) is 25.5. The van der Waals surface area contributed by atoms with Crippen molar-refractivity contribution in [1.29, 1.82) is 0 Å². The van der Waals surface area contributed by atoms with E-state index in [2.05, 4.69) is 10.6 Å². The number of amides is 1. The van der Waals surface area contributed by atoms with Crippen LogP contribution >= 0.6 is 0 Å². The summed E-state index contributed by atoms with van der Waals surface area (Å²) in [6.45, 7) is 4.50. The first-order valence-corrected chi connectivity index (χ1v) is 5.24. The van der Waals surface area contributed by atoms with Gasteiger partial charge in [0.25, 0.3) is 0 Å². The maximum atomic E-state index is 11.4. The number of aliphatic carboxylic acids is 1. The summed E-state index contributed by atoms with van der Waals surface area (Å²) in [5.41, 5.74) is 0.